The molecule has 1 atom stereocenters. The van der Waals surface area contributed by atoms with Crippen LogP contribution in [0.1, 0.15) is 17.3 Å². The third kappa shape index (κ3) is 4.10. The number of para-hydroxylation sites is 1. The highest BCUT2D eigenvalue weighted by Crippen LogP contribution is 2.27. The van der Waals surface area contributed by atoms with E-state index in [-0.39, 0.29) is 22.8 Å². The summed E-state index contributed by atoms with van der Waals surface area (Å²) in [4.78, 5) is 22.4. The number of nitrogens with one attached hydrogen (secondary N) is 2. The van der Waals surface area contributed by atoms with Crippen molar-refractivity contribution in [2.45, 2.75) is 6.92 Å². The summed E-state index contributed by atoms with van der Waals surface area (Å²) in [5.41, 5.74) is 2.19. The number of nitrogens with zero attached hydrogens (tertiary/aromatic N) is 1. The molecule has 0 saturated heterocycles. The van der Waals surface area contributed by atoms with Crippen LogP contribution in [0.4, 0.5) is 11.4 Å². The predicted octanol–water partition coefficient (Wildman–Crippen LogP) is 1.61. The van der Waals surface area contributed by atoms with Crippen LogP contribution in [-0.2, 0) is 0 Å². The van der Waals surface area contributed by atoms with Gasteiger partial charge in [0.25, 0.3) is 11.6 Å². The highest BCUT2D eigenvalue weighted by Gasteiger charge is 2.20. The first kappa shape index (κ1) is 16.3. The zero-order chi connectivity index (χ0) is 15.1. The number of nitro benzene ring substituents is 1. The van der Waals surface area contributed by atoms with E-state index < -0.39 is 4.92 Å². The van der Waals surface area contributed by atoms with Crippen LogP contribution < -0.4 is 16.6 Å². The van der Waals surface area contributed by atoms with E-state index in [1.807, 2.05) is 13.2 Å². The molecule has 0 aliphatic rings. The highest BCUT2D eigenvalue weighted by molar-refractivity contribution is 7.98. The molecule has 1 unspecified atom stereocenters. The molecule has 4 N–H and O–H groups in total. The second-order valence-corrected chi connectivity index (χ2v) is 5.28. The van der Waals surface area contributed by atoms with Crippen molar-refractivity contribution in [2.24, 2.45) is 11.8 Å². The van der Waals surface area contributed by atoms with E-state index in [9.17, 15) is 14.9 Å². The van der Waals surface area contributed by atoms with Crippen LogP contribution in [-0.4, -0.2) is 29.4 Å². The number of hydrogen-bond acceptors (Lipinski definition) is 6. The fourth-order valence-corrected chi connectivity index (χ4v) is 2.43. The van der Waals surface area contributed by atoms with Crippen molar-refractivity contribution in [1.82, 2.24) is 5.32 Å². The van der Waals surface area contributed by atoms with Gasteiger partial charge in [-0.25, -0.2) is 0 Å². The van der Waals surface area contributed by atoms with Gasteiger partial charge in [-0.05, 0) is 24.0 Å². The molecule has 1 amide bonds. The Morgan fingerprint density at radius 1 is 1.55 bits per heavy atom. The first-order valence-corrected chi connectivity index (χ1v) is 7.41. The number of amides is 1. The number of benzene rings is 1. The molecule has 0 spiro atoms. The lowest BCUT2D eigenvalue weighted by molar-refractivity contribution is -0.384. The second kappa shape index (κ2) is 7.71. The average molecular weight is 298 g/mol. The summed E-state index contributed by atoms with van der Waals surface area (Å²) in [5.74, 6) is 6.16. The molecule has 8 heteroatoms. The van der Waals surface area contributed by atoms with Crippen LogP contribution in [0, 0.1) is 16.0 Å². The van der Waals surface area contributed by atoms with E-state index in [4.69, 9.17) is 5.84 Å². The highest BCUT2D eigenvalue weighted by atomic mass is 32.2. The molecule has 0 saturated carbocycles. The van der Waals surface area contributed by atoms with Crippen molar-refractivity contribution in [3.8, 4) is 0 Å². The lowest BCUT2D eigenvalue weighted by Crippen LogP contribution is -2.30. The molecular weight excluding hydrogens is 280 g/mol. The molecule has 0 fully saturated rings. The third-order valence-electron chi connectivity index (χ3n) is 2.69. The summed E-state index contributed by atoms with van der Waals surface area (Å²) in [7, 11) is 0. The summed E-state index contributed by atoms with van der Waals surface area (Å²) >= 11 is 1.70. The van der Waals surface area contributed by atoms with Crippen molar-refractivity contribution in [3.63, 3.8) is 0 Å². The van der Waals surface area contributed by atoms with Crippen LogP contribution in [0.2, 0.25) is 0 Å². The van der Waals surface area contributed by atoms with Gasteiger partial charge < -0.3 is 10.7 Å². The smallest absolute Gasteiger partial charge is 0.294 e. The molecule has 110 valence electrons. The summed E-state index contributed by atoms with van der Waals surface area (Å²) < 4.78 is 0. The molecule has 1 aromatic rings. The number of carbonyl (C=O) groups excluding carboxylic acids is 1. The van der Waals surface area contributed by atoms with Gasteiger partial charge in [-0.1, -0.05) is 13.0 Å². The van der Waals surface area contributed by atoms with Gasteiger partial charge in [0.15, 0.2) is 0 Å². The normalized spacial score (nSPS) is 11.8. The molecule has 7 nitrogen and oxygen atoms in total. The van der Waals surface area contributed by atoms with Crippen LogP contribution in [0.15, 0.2) is 18.2 Å². The Balaban J connectivity index is 2.87. The maximum Gasteiger partial charge on any atom is 0.294 e. The number of carbonyl (C=O) groups is 1. The Bertz CT molecular complexity index is 496. The minimum Gasteiger partial charge on any atom is -0.352 e. The zero-order valence-corrected chi connectivity index (χ0v) is 12.2. The van der Waals surface area contributed by atoms with Crippen LogP contribution in [0.25, 0.3) is 0 Å². The molecule has 0 aliphatic carbocycles. The molecule has 0 bridgehead atoms. The predicted molar refractivity (Wildman–Crippen MR) is 80.8 cm³/mol. The summed E-state index contributed by atoms with van der Waals surface area (Å²) in [6.07, 6.45) is 2.00. The molecule has 1 rings (SSSR count). The third-order valence-corrected chi connectivity index (χ3v) is 3.59. The van der Waals surface area contributed by atoms with Crippen molar-refractivity contribution in [1.29, 1.82) is 0 Å². The Hall–Kier alpha value is -1.80. The van der Waals surface area contributed by atoms with E-state index in [1.165, 1.54) is 18.2 Å². The minimum atomic E-state index is -0.581. The topological polar surface area (TPSA) is 110 Å². The van der Waals surface area contributed by atoms with E-state index in [0.29, 0.717) is 12.5 Å². The fraction of sp³-hybridized carbons (Fsp3) is 0.417. The average Bonchev–Trinajstić information content (AvgIpc) is 2.44. The number of hydrazine groups is 1. The molecule has 0 aromatic heterocycles. The number of nitrogen functional groups attached to an aromatic ring is 1. The number of hydrogen-bond donors (Lipinski definition) is 3. The Kier molecular flexibility index (Phi) is 6.26. The van der Waals surface area contributed by atoms with Crippen LogP contribution >= 0.6 is 11.8 Å². The van der Waals surface area contributed by atoms with Gasteiger partial charge >= 0.3 is 0 Å². The number of anilines is 1. The Labute approximate surface area is 121 Å². The van der Waals surface area contributed by atoms with Gasteiger partial charge in [-0.15, -0.1) is 0 Å². The van der Waals surface area contributed by atoms with Crippen LogP contribution in [0.5, 0.6) is 0 Å². The number of rotatable bonds is 7. The van der Waals surface area contributed by atoms with E-state index in [0.717, 1.165) is 5.75 Å². The van der Waals surface area contributed by atoms with E-state index >= 15 is 0 Å². The zero-order valence-electron chi connectivity index (χ0n) is 11.4. The Morgan fingerprint density at radius 3 is 2.80 bits per heavy atom. The fourth-order valence-electron chi connectivity index (χ4n) is 1.74. The number of nitrogens with two attached hydrogens (primary N) is 1. The molecule has 0 aliphatic heterocycles. The molecule has 1 aromatic carbocycles. The Morgan fingerprint density at radius 2 is 2.25 bits per heavy atom. The van der Waals surface area contributed by atoms with Gasteiger partial charge in [0, 0.05) is 12.6 Å². The summed E-state index contributed by atoms with van der Waals surface area (Å²) in [6, 6.07) is 4.25. The van der Waals surface area contributed by atoms with Gasteiger partial charge in [0.2, 0.25) is 0 Å². The minimum absolute atomic E-state index is 0.0209. The molecule has 0 heterocycles. The van der Waals surface area contributed by atoms with Crippen molar-refractivity contribution in [3.05, 3.63) is 33.9 Å². The standard InChI is InChI=1S/C12H18N4O3S/c1-8(7-20-2)6-14-12(17)9-4-3-5-10(16(18)19)11(9)15-13/h3-5,8,15H,6-7,13H2,1-2H3,(H,14,17). The van der Waals surface area contributed by atoms with Gasteiger partial charge in [0.1, 0.15) is 5.69 Å². The van der Waals surface area contributed by atoms with Gasteiger partial charge in [-0.3, -0.25) is 20.8 Å². The SMILES string of the molecule is CSCC(C)CNC(=O)c1cccc([N+](=O)[O-])c1NN. The quantitative estimate of drug-likeness (QED) is 0.401. The monoisotopic (exact) mass is 298 g/mol. The van der Waals surface area contributed by atoms with Gasteiger partial charge in [0.05, 0.1) is 10.5 Å². The maximum absolute atomic E-state index is 12.1. The molecule has 20 heavy (non-hydrogen) atoms. The summed E-state index contributed by atoms with van der Waals surface area (Å²) in [5, 5.41) is 13.6. The van der Waals surface area contributed by atoms with Crippen molar-refractivity contribution < 1.29 is 9.72 Å². The van der Waals surface area contributed by atoms with Crippen LogP contribution in [0.3, 0.4) is 0 Å². The largest absolute Gasteiger partial charge is 0.352 e. The molecular formula is C12H18N4O3S. The van der Waals surface area contributed by atoms with Crippen molar-refractivity contribution in [2.75, 3.05) is 24.0 Å². The number of nitro groups is 1. The van der Waals surface area contributed by atoms with Crippen molar-refractivity contribution >= 4 is 29.0 Å². The van der Waals surface area contributed by atoms with Gasteiger partial charge in [-0.2, -0.15) is 11.8 Å². The first-order valence-electron chi connectivity index (χ1n) is 6.02. The molecule has 0 radical (unpaired) electrons. The number of thioether (sulfide) groups is 1. The lowest BCUT2D eigenvalue weighted by Gasteiger charge is -2.13. The second-order valence-electron chi connectivity index (χ2n) is 4.37. The van der Waals surface area contributed by atoms with E-state index in [2.05, 4.69) is 10.7 Å². The summed E-state index contributed by atoms with van der Waals surface area (Å²) in [6.45, 7) is 2.53. The first-order chi connectivity index (χ1) is 9.51. The maximum atomic E-state index is 12.1. The lowest BCUT2D eigenvalue weighted by atomic mass is 10.1. The van der Waals surface area contributed by atoms with E-state index in [1.54, 1.807) is 11.8 Å².